The van der Waals surface area contributed by atoms with Gasteiger partial charge >= 0.3 is 0 Å². The van der Waals surface area contributed by atoms with Gasteiger partial charge in [0.1, 0.15) is 5.75 Å². The Morgan fingerprint density at radius 3 is 2.55 bits per heavy atom. The lowest BCUT2D eigenvalue weighted by Gasteiger charge is -2.10. The average molecular weight is 377 g/mol. The van der Waals surface area contributed by atoms with Gasteiger partial charge in [-0.15, -0.1) is 0 Å². The average Bonchev–Trinajstić information content (AvgIpc) is 2.49. The van der Waals surface area contributed by atoms with Crippen molar-refractivity contribution in [2.75, 3.05) is 0 Å². The van der Waals surface area contributed by atoms with E-state index in [0.29, 0.717) is 17.2 Å². The molecule has 0 atom stereocenters. The molecule has 0 spiro atoms. The van der Waals surface area contributed by atoms with Crippen LogP contribution in [0.15, 0.2) is 54.6 Å². The molecule has 0 aliphatic heterocycles. The van der Waals surface area contributed by atoms with Crippen molar-refractivity contribution in [2.45, 2.75) is 6.61 Å². The van der Waals surface area contributed by atoms with E-state index in [2.05, 4.69) is 27.6 Å². The number of aromatic nitrogens is 1. The van der Waals surface area contributed by atoms with Crippen LogP contribution in [0.5, 0.6) is 11.6 Å². The molecule has 0 amide bonds. The molecule has 0 saturated carbocycles. The van der Waals surface area contributed by atoms with Crippen LogP contribution in [0.3, 0.4) is 0 Å². The number of rotatable bonds is 3. The van der Waals surface area contributed by atoms with Crippen LogP contribution >= 0.6 is 22.6 Å². The van der Waals surface area contributed by atoms with Gasteiger partial charge in [-0.25, -0.2) is 4.98 Å². The quantitative estimate of drug-likeness (QED) is 0.699. The summed E-state index contributed by atoms with van der Waals surface area (Å²) in [6, 6.07) is 17.4. The zero-order chi connectivity index (χ0) is 13.9. The molecular weight excluding hydrogens is 365 g/mol. The predicted molar refractivity (Wildman–Crippen MR) is 86.9 cm³/mol. The molecule has 0 aliphatic rings. The maximum Gasteiger partial charge on any atom is 0.225 e. The fourth-order valence-corrected chi connectivity index (χ4v) is 2.32. The molecule has 3 nitrogen and oxygen atoms in total. The van der Waals surface area contributed by atoms with Crippen LogP contribution in [-0.4, -0.2) is 10.1 Å². The number of hydrogen-bond acceptors (Lipinski definition) is 3. The molecule has 0 unspecified atom stereocenters. The van der Waals surface area contributed by atoms with Gasteiger partial charge in [-0.3, -0.25) is 0 Å². The number of hydrogen-bond donors (Lipinski definition) is 1. The highest BCUT2D eigenvalue weighted by Crippen LogP contribution is 2.27. The van der Waals surface area contributed by atoms with E-state index in [1.807, 2.05) is 54.6 Å². The minimum absolute atomic E-state index is 0.0997. The Balaban J connectivity index is 2.03. The molecule has 1 aromatic heterocycles. The molecule has 0 aliphatic carbocycles. The Labute approximate surface area is 130 Å². The third-order valence-corrected chi connectivity index (χ3v) is 3.68. The van der Waals surface area contributed by atoms with Gasteiger partial charge in [0.2, 0.25) is 5.88 Å². The number of fused-ring (bicyclic) bond motifs is 1. The number of pyridine rings is 1. The Morgan fingerprint density at radius 2 is 1.80 bits per heavy atom. The lowest BCUT2D eigenvalue weighted by molar-refractivity contribution is 0.275. The number of nitrogens with zero attached hydrogens (tertiary/aromatic N) is 1. The molecule has 0 fully saturated rings. The van der Waals surface area contributed by atoms with E-state index in [-0.39, 0.29) is 6.61 Å². The van der Waals surface area contributed by atoms with Crippen molar-refractivity contribution in [3.8, 4) is 11.6 Å². The predicted octanol–water partition coefficient (Wildman–Crippen LogP) is 4.12. The van der Waals surface area contributed by atoms with E-state index in [9.17, 15) is 5.11 Å². The van der Waals surface area contributed by atoms with Gasteiger partial charge in [0.25, 0.3) is 0 Å². The lowest BCUT2D eigenvalue weighted by Crippen LogP contribution is -1.96. The first kappa shape index (κ1) is 13.3. The molecule has 20 heavy (non-hydrogen) atoms. The monoisotopic (exact) mass is 377 g/mol. The summed E-state index contributed by atoms with van der Waals surface area (Å²) in [5.74, 6) is 1.16. The lowest BCUT2D eigenvalue weighted by atomic mass is 10.1. The fourth-order valence-electron chi connectivity index (χ4n) is 1.96. The first-order valence-corrected chi connectivity index (χ1v) is 7.27. The second-order valence-corrected chi connectivity index (χ2v) is 5.61. The largest absolute Gasteiger partial charge is 0.439 e. The second kappa shape index (κ2) is 5.76. The highest BCUT2D eigenvalue weighted by Gasteiger charge is 2.08. The maximum absolute atomic E-state index is 9.48. The SMILES string of the molecule is OCc1cc2ccccc2nc1Oc1ccc(I)cc1. The molecule has 0 saturated heterocycles. The van der Waals surface area contributed by atoms with Crippen molar-refractivity contribution >= 4 is 33.5 Å². The van der Waals surface area contributed by atoms with Crippen LogP contribution < -0.4 is 4.74 Å². The first-order chi connectivity index (χ1) is 9.76. The highest BCUT2D eigenvalue weighted by atomic mass is 127. The van der Waals surface area contributed by atoms with Crippen molar-refractivity contribution in [3.63, 3.8) is 0 Å². The second-order valence-electron chi connectivity index (χ2n) is 4.36. The number of para-hydroxylation sites is 1. The topological polar surface area (TPSA) is 42.4 Å². The van der Waals surface area contributed by atoms with Gasteiger partial charge in [-0.2, -0.15) is 0 Å². The summed E-state index contributed by atoms with van der Waals surface area (Å²) in [4.78, 5) is 4.48. The van der Waals surface area contributed by atoms with Crippen molar-refractivity contribution < 1.29 is 9.84 Å². The molecule has 4 heteroatoms. The standard InChI is InChI=1S/C16H12INO2/c17-13-5-7-14(8-6-13)20-16-12(10-19)9-11-3-1-2-4-15(11)18-16/h1-9,19H,10H2. The van der Waals surface area contributed by atoms with Crippen molar-refractivity contribution in [3.05, 3.63) is 63.7 Å². The summed E-state index contributed by atoms with van der Waals surface area (Å²) in [5.41, 5.74) is 1.53. The van der Waals surface area contributed by atoms with E-state index in [0.717, 1.165) is 14.5 Å². The summed E-state index contributed by atoms with van der Waals surface area (Å²) in [6.07, 6.45) is 0. The zero-order valence-electron chi connectivity index (χ0n) is 10.6. The van der Waals surface area contributed by atoms with Gasteiger partial charge in [-0.05, 0) is 59.0 Å². The van der Waals surface area contributed by atoms with Crippen molar-refractivity contribution in [1.29, 1.82) is 0 Å². The molecular formula is C16H12INO2. The van der Waals surface area contributed by atoms with Gasteiger partial charge in [0, 0.05) is 14.5 Å². The van der Waals surface area contributed by atoms with Gasteiger partial charge < -0.3 is 9.84 Å². The van der Waals surface area contributed by atoms with Gasteiger partial charge in [0.15, 0.2) is 0 Å². The van der Waals surface area contributed by atoms with Crippen LogP contribution in [0.2, 0.25) is 0 Å². The summed E-state index contributed by atoms with van der Waals surface area (Å²) >= 11 is 2.24. The normalized spacial score (nSPS) is 10.7. The van der Waals surface area contributed by atoms with E-state index in [1.54, 1.807) is 0 Å². The summed E-state index contributed by atoms with van der Waals surface area (Å²) < 4.78 is 6.93. The Morgan fingerprint density at radius 1 is 1.05 bits per heavy atom. The third-order valence-electron chi connectivity index (χ3n) is 2.96. The van der Waals surface area contributed by atoms with E-state index >= 15 is 0 Å². The molecule has 0 bridgehead atoms. The fraction of sp³-hybridized carbons (Fsp3) is 0.0625. The van der Waals surface area contributed by atoms with E-state index in [1.165, 1.54) is 0 Å². The Kier molecular flexibility index (Phi) is 3.84. The van der Waals surface area contributed by atoms with Crippen LogP contribution in [0, 0.1) is 3.57 Å². The number of halogens is 1. The number of ether oxygens (including phenoxy) is 1. The Hall–Kier alpha value is -1.66. The van der Waals surface area contributed by atoms with Crippen LogP contribution in [0.1, 0.15) is 5.56 Å². The smallest absolute Gasteiger partial charge is 0.225 e. The number of aliphatic hydroxyl groups is 1. The number of aliphatic hydroxyl groups excluding tert-OH is 1. The first-order valence-electron chi connectivity index (χ1n) is 6.19. The molecule has 1 heterocycles. The summed E-state index contributed by atoms with van der Waals surface area (Å²) in [7, 11) is 0. The summed E-state index contributed by atoms with van der Waals surface area (Å²) in [6.45, 7) is -0.0997. The van der Waals surface area contributed by atoms with E-state index in [4.69, 9.17) is 4.74 Å². The van der Waals surface area contributed by atoms with Crippen LogP contribution in [0.25, 0.3) is 10.9 Å². The number of benzene rings is 2. The van der Waals surface area contributed by atoms with Crippen molar-refractivity contribution in [2.24, 2.45) is 0 Å². The molecule has 3 aromatic rings. The maximum atomic E-state index is 9.48. The van der Waals surface area contributed by atoms with Crippen LogP contribution in [-0.2, 0) is 6.61 Å². The highest BCUT2D eigenvalue weighted by molar-refractivity contribution is 14.1. The molecule has 2 aromatic carbocycles. The minimum Gasteiger partial charge on any atom is -0.439 e. The Bertz CT molecular complexity index is 741. The summed E-state index contributed by atoms with van der Waals surface area (Å²) in [5, 5.41) is 10.5. The van der Waals surface area contributed by atoms with Gasteiger partial charge in [0.05, 0.1) is 12.1 Å². The zero-order valence-corrected chi connectivity index (χ0v) is 12.7. The van der Waals surface area contributed by atoms with Crippen LogP contribution in [0.4, 0.5) is 0 Å². The molecule has 3 rings (SSSR count). The third kappa shape index (κ3) is 2.76. The molecule has 1 N–H and O–H groups in total. The van der Waals surface area contributed by atoms with E-state index < -0.39 is 0 Å². The molecule has 0 radical (unpaired) electrons. The van der Waals surface area contributed by atoms with Crippen molar-refractivity contribution in [1.82, 2.24) is 4.98 Å². The molecule has 100 valence electrons. The van der Waals surface area contributed by atoms with Gasteiger partial charge in [-0.1, -0.05) is 18.2 Å². The minimum atomic E-state index is -0.0997.